The summed E-state index contributed by atoms with van der Waals surface area (Å²) < 4.78 is 10.6. The van der Waals surface area contributed by atoms with Gasteiger partial charge in [0.05, 0.1) is 20.3 Å². The zero-order valence-corrected chi connectivity index (χ0v) is 21.8. The summed E-state index contributed by atoms with van der Waals surface area (Å²) in [4.78, 5) is 17.3. The lowest BCUT2D eigenvalue weighted by Gasteiger charge is -2.39. The van der Waals surface area contributed by atoms with Gasteiger partial charge in [0.25, 0.3) is 0 Å². The number of rotatable bonds is 11. The number of piperazine rings is 1. The predicted octanol–water partition coefficient (Wildman–Crippen LogP) is 4.63. The first-order chi connectivity index (χ1) is 18.2. The summed E-state index contributed by atoms with van der Waals surface area (Å²) in [5.41, 5.74) is 3.56. The minimum atomic E-state index is -0.0897. The molecule has 1 amide bonds. The Morgan fingerprint density at radius 1 is 0.865 bits per heavy atom. The average molecular weight is 500 g/mol. The van der Waals surface area contributed by atoms with Crippen molar-refractivity contribution in [1.29, 1.82) is 0 Å². The molecule has 37 heavy (non-hydrogen) atoms. The normalized spacial score (nSPS) is 14.7. The smallest absolute Gasteiger partial charge is 0.243 e. The monoisotopic (exact) mass is 499 g/mol. The molecule has 1 N–H and O–H groups in total. The highest BCUT2D eigenvalue weighted by Crippen LogP contribution is 2.30. The third kappa shape index (κ3) is 7.44. The average Bonchev–Trinajstić information content (AvgIpc) is 2.96. The molecule has 0 saturated carbocycles. The summed E-state index contributed by atoms with van der Waals surface area (Å²) >= 11 is 0. The molecular formula is C31H37N3O3. The van der Waals surface area contributed by atoms with Gasteiger partial charge in [-0.05, 0) is 47.9 Å². The number of nitrogens with one attached hydrogen (secondary N) is 1. The van der Waals surface area contributed by atoms with Gasteiger partial charge in [-0.3, -0.25) is 9.69 Å². The van der Waals surface area contributed by atoms with Crippen molar-refractivity contribution in [3.8, 4) is 11.5 Å². The Labute approximate surface area is 220 Å². The van der Waals surface area contributed by atoms with Crippen molar-refractivity contribution in [2.45, 2.75) is 12.5 Å². The van der Waals surface area contributed by atoms with Gasteiger partial charge in [-0.1, -0.05) is 66.7 Å². The van der Waals surface area contributed by atoms with Crippen molar-refractivity contribution < 1.29 is 14.3 Å². The molecule has 194 valence electrons. The fraction of sp³-hybridized carbons (Fsp3) is 0.323. The Balaban J connectivity index is 1.21. The van der Waals surface area contributed by atoms with Crippen molar-refractivity contribution in [3.05, 3.63) is 102 Å². The number of benzene rings is 3. The van der Waals surface area contributed by atoms with Crippen LogP contribution in [0.5, 0.6) is 11.5 Å². The number of hydrogen-bond acceptors (Lipinski definition) is 5. The van der Waals surface area contributed by atoms with E-state index in [-0.39, 0.29) is 11.9 Å². The minimum Gasteiger partial charge on any atom is -0.493 e. The molecule has 1 aliphatic heterocycles. The maximum absolute atomic E-state index is 12.3. The Morgan fingerprint density at radius 2 is 1.49 bits per heavy atom. The zero-order chi connectivity index (χ0) is 25.9. The van der Waals surface area contributed by atoms with Crippen molar-refractivity contribution in [2.75, 3.05) is 53.5 Å². The molecule has 3 aromatic carbocycles. The molecule has 0 bridgehead atoms. The summed E-state index contributed by atoms with van der Waals surface area (Å²) in [6, 6.07) is 27.4. The summed E-state index contributed by atoms with van der Waals surface area (Å²) in [5, 5.41) is 2.99. The maximum Gasteiger partial charge on any atom is 0.243 e. The number of carbonyl (C=O) groups excluding carboxylic acids is 1. The van der Waals surface area contributed by atoms with E-state index in [1.807, 2.05) is 18.2 Å². The number of ether oxygens (including phenoxy) is 2. The molecule has 1 saturated heterocycles. The van der Waals surface area contributed by atoms with E-state index >= 15 is 0 Å². The summed E-state index contributed by atoms with van der Waals surface area (Å²) in [6.45, 7) is 5.75. The molecule has 1 heterocycles. The topological polar surface area (TPSA) is 54.0 Å². The molecule has 0 unspecified atom stereocenters. The van der Waals surface area contributed by atoms with Gasteiger partial charge in [0, 0.05) is 38.8 Å². The van der Waals surface area contributed by atoms with Crippen LogP contribution in [0.1, 0.15) is 29.2 Å². The van der Waals surface area contributed by atoms with E-state index in [1.165, 1.54) is 11.1 Å². The standard InChI is InChI=1S/C31H37N3O3/c1-36-28-16-14-25(24-29(28)37-2)15-17-30(35)32-18-9-19-33-20-22-34(23-21-33)31(26-10-5-3-6-11-26)27-12-7-4-8-13-27/h3-8,10-17,24,31H,9,18-23H2,1-2H3,(H,32,35)/b17-15+. The molecule has 6 heteroatoms. The van der Waals surface area contributed by atoms with Crippen LogP contribution in [0.2, 0.25) is 0 Å². The summed E-state index contributed by atoms with van der Waals surface area (Å²) in [6.07, 6.45) is 4.27. The Hall–Kier alpha value is -3.61. The van der Waals surface area contributed by atoms with Crippen LogP contribution in [0.15, 0.2) is 84.9 Å². The van der Waals surface area contributed by atoms with Gasteiger partial charge in [-0.15, -0.1) is 0 Å². The first-order valence-corrected chi connectivity index (χ1v) is 12.9. The van der Waals surface area contributed by atoms with E-state index < -0.39 is 0 Å². The lowest BCUT2D eigenvalue weighted by molar-refractivity contribution is -0.116. The van der Waals surface area contributed by atoms with Crippen LogP contribution in [0.3, 0.4) is 0 Å². The molecule has 1 aliphatic rings. The first-order valence-electron chi connectivity index (χ1n) is 12.9. The van der Waals surface area contributed by atoms with Crippen molar-refractivity contribution in [2.24, 2.45) is 0 Å². The zero-order valence-electron chi connectivity index (χ0n) is 21.8. The number of nitrogens with zero attached hydrogens (tertiary/aromatic N) is 2. The predicted molar refractivity (Wildman–Crippen MR) is 149 cm³/mol. The highest BCUT2D eigenvalue weighted by Gasteiger charge is 2.26. The van der Waals surface area contributed by atoms with E-state index in [2.05, 4.69) is 75.8 Å². The van der Waals surface area contributed by atoms with Crippen molar-refractivity contribution in [1.82, 2.24) is 15.1 Å². The Kier molecular flexibility index (Phi) is 9.74. The largest absolute Gasteiger partial charge is 0.493 e. The van der Waals surface area contributed by atoms with Gasteiger partial charge >= 0.3 is 0 Å². The van der Waals surface area contributed by atoms with Gasteiger partial charge in [0.1, 0.15) is 0 Å². The third-order valence-electron chi connectivity index (χ3n) is 6.79. The second-order valence-electron chi connectivity index (χ2n) is 9.19. The van der Waals surface area contributed by atoms with Crippen LogP contribution >= 0.6 is 0 Å². The molecule has 4 rings (SSSR count). The van der Waals surface area contributed by atoms with Gasteiger partial charge < -0.3 is 19.7 Å². The molecule has 6 nitrogen and oxygen atoms in total. The van der Waals surface area contributed by atoms with Gasteiger partial charge in [0.15, 0.2) is 11.5 Å². The molecule has 0 radical (unpaired) electrons. The lowest BCUT2D eigenvalue weighted by Crippen LogP contribution is -2.48. The summed E-state index contributed by atoms with van der Waals surface area (Å²) in [7, 11) is 3.20. The third-order valence-corrected chi connectivity index (χ3v) is 6.79. The number of amides is 1. The van der Waals surface area contributed by atoms with Crippen LogP contribution in [0.25, 0.3) is 6.08 Å². The molecule has 1 fully saturated rings. The molecular weight excluding hydrogens is 462 g/mol. The maximum atomic E-state index is 12.3. The first kappa shape index (κ1) is 26.5. The molecule has 0 atom stereocenters. The molecule has 3 aromatic rings. The van der Waals surface area contributed by atoms with Crippen LogP contribution in [0, 0.1) is 0 Å². The quantitative estimate of drug-likeness (QED) is 0.308. The van der Waals surface area contributed by atoms with Crippen molar-refractivity contribution >= 4 is 12.0 Å². The van der Waals surface area contributed by atoms with Crippen LogP contribution < -0.4 is 14.8 Å². The van der Waals surface area contributed by atoms with Gasteiger partial charge in [-0.25, -0.2) is 0 Å². The van der Waals surface area contributed by atoms with Crippen LogP contribution in [-0.2, 0) is 4.79 Å². The Morgan fingerprint density at radius 3 is 2.08 bits per heavy atom. The van der Waals surface area contributed by atoms with E-state index in [4.69, 9.17) is 9.47 Å². The number of methoxy groups -OCH3 is 2. The minimum absolute atomic E-state index is 0.0897. The second-order valence-corrected chi connectivity index (χ2v) is 9.19. The van der Waals surface area contributed by atoms with E-state index in [9.17, 15) is 4.79 Å². The van der Waals surface area contributed by atoms with Crippen LogP contribution in [0.4, 0.5) is 0 Å². The molecule has 0 spiro atoms. The SMILES string of the molecule is COc1ccc(/C=C/C(=O)NCCCN2CCN(C(c3ccccc3)c3ccccc3)CC2)cc1OC. The fourth-order valence-corrected chi connectivity index (χ4v) is 4.83. The van der Waals surface area contributed by atoms with E-state index in [0.717, 1.165) is 44.7 Å². The van der Waals surface area contributed by atoms with Crippen LogP contribution in [-0.4, -0.2) is 69.2 Å². The number of carbonyl (C=O) groups is 1. The van der Waals surface area contributed by atoms with Crippen molar-refractivity contribution in [3.63, 3.8) is 0 Å². The van der Waals surface area contributed by atoms with E-state index in [1.54, 1.807) is 26.4 Å². The molecule has 0 aromatic heterocycles. The number of hydrogen-bond donors (Lipinski definition) is 1. The second kappa shape index (κ2) is 13.6. The highest BCUT2D eigenvalue weighted by molar-refractivity contribution is 5.91. The summed E-state index contributed by atoms with van der Waals surface area (Å²) in [5.74, 6) is 1.22. The lowest BCUT2D eigenvalue weighted by atomic mass is 9.96. The van der Waals surface area contributed by atoms with Gasteiger partial charge in [-0.2, -0.15) is 0 Å². The highest BCUT2D eigenvalue weighted by atomic mass is 16.5. The fourth-order valence-electron chi connectivity index (χ4n) is 4.83. The van der Waals surface area contributed by atoms with Gasteiger partial charge in [0.2, 0.25) is 5.91 Å². The Bertz CT molecular complexity index is 1100. The van der Waals surface area contributed by atoms with E-state index in [0.29, 0.717) is 18.0 Å². The molecule has 0 aliphatic carbocycles.